The number of amides is 1. The van der Waals surface area contributed by atoms with E-state index >= 15 is 0 Å². The zero-order chi connectivity index (χ0) is 22.8. The first-order chi connectivity index (χ1) is 16.2. The number of imidazole rings is 1. The Balaban J connectivity index is 1.48. The number of likely N-dealkylation sites (tertiary alicyclic amines) is 1. The number of fused-ring (bicyclic) bond motifs is 1. The van der Waals surface area contributed by atoms with Gasteiger partial charge in [0.15, 0.2) is 0 Å². The quantitative estimate of drug-likeness (QED) is 0.458. The van der Waals surface area contributed by atoms with Crippen LogP contribution in [0.3, 0.4) is 0 Å². The lowest BCUT2D eigenvalue weighted by molar-refractivity contribution is -0.127. The van der Waals surface area contributed by atoms with Crippen molar-refractivity contribution < 1.29 is 9.53 Å². The van der Waals surface area contributed by atoms with Gasteiger partial charge in [0.05, 0.1) is 11.7 Å². The molecule has 8 nitrogen and oxygen atoms in total. The number of ether oxygens (including phenoxy) is 1. The molecule has 4 heterocycles. The molecule has 33 heavy (non-hydrogen) atoms. The van der Waals surface area contributed by atoms with Gasteiger partial charge in [-0.15, -0.1) is 0 Å². The number of nitrogens with two attached hydrogens (primary N) is 1. The van der Waals surface area contributed by atoms with Crippen LogP contribution in [-0.4, -0.2) is 36.7 Å². The smallest absolute Gasteiger partial charge is 0.246 e. The lowest BCUT2D eigenvalue weighted by Crippen LogP contribution is -2.29. The standard InChI is InChI=1S/C25H24N6O2/c1-2-21(32)30-14-5-7-20(30)25-29-22(23-24(26)28-13-15-31(23)25)17-8-10-19(11-9-17)33-16-18-6-3-4-12-27-18/h2-4,6,8-13,15,20H,1,5,7,14,16H2,(H2,26,28)/t20-/m0/s1. The van der Waals surface area contributed by atoms with Gasteiger partial charge in [0.2, 0.25) is 5.91 Å². The van der Waals surface area contributed by atoms with Gasteiger partial charge in [0.1, 0.15) is 35.2 Å². The van der Waals surface area contributed by atoms with Crippen LogP contribution < -0.4 is 10.5 Å². The molecule has 1 amide bonds. The maximum Gasteiger partial charge on any atom is 0.246 e. The summed E-state index contributed by atoms with van der Waals surface area (Å²) in [5.41, 5.74) is 9.48. The molecule has 1 atom stereocenters. The summed E-state index contributed by atoms with van der Waals surface area (Å²) in [5, 5.41) is 0. The Morgan fingerprint density at radius 3 is 2.79 bits per heavy atom. The highest BCUT2D eigenvalue weighted by molar-refractivity contribution is 5.88. The average Bonchev–Trinajstić information content (AvgIpc) is 3.49. The molecule has 3 aromatic heterocycles. The third kappa shape index (κ3) is 3.91. The number of anilines is 1. The fraction of sp³-hybridized carbons (Fsp3) is 0.200. The highest BCUT2D eigenvalue weighted by Gasteiger charge is 2.33. The number of rotatable bonds is 6. The van der Waals surface area contributed by atoms with E-state index in [2.05, 4.69) is 16.5 Å². The van der Waals surface area contributed by atoms with Crippen molar-refractivity contribution in [2.75, 3.05) is 12.3 Å². The van der Waals surface area contributed by atoms with E-state index in [1.165, 1.54) is 6.08 Å². The summed E-state index contributed by atoms with van der Waals surface area (Å²) in [6.07, 6.45) is 8.35. The van der Waals surface area contributed by atoms with E-state index in [0.29, 0.717) is 19.0 Å². The van der Waals surface area contributed by atoms with Crippen LogP contribution in [0.5, 0.6) is 5.75 Å². The molecule has 5 rings (SSSR count). The van der Waals surface area contributed by atoms with E-state index < -0.39 is 0 Å². The number of nitrogen functional groups attached to an aromatic ring is 1. The number of hydrogen-bond acceptors (Lipinski definition) is 6. The van der Waals surface area contributed by atoms with Crippen molar-refractivity contribution in [3.63, 3.8) is 0 Å². The first kappa shape index (κ1) is 20.7. The van der Waals surface area contributed by atoms with Gasteiger partial charge in [0.25, 0.3) is 0 Å². The number of nitrogens with zero attached hydrogens (tertiary/aromatic N) is 5. The number of carbonyl (C=O) groups is 1. The Hall–Kier alpha value is -4.20. The van der Waals surface area contributed by atoms with Crippen molar-refractivity contribution in [3.05, 3.63) is 85.2 Å². The minimum atomic E-state index is -0.139. The van der Waals surface area contributed by atoms with Crippen molar-refractivity contribution in [1.82, 2.24) is 24.3 Å². The van der Waals surface area contributed by atoms with Crippen molar-refractivity contribution >= 4 is 17.2 Å². The zero-order valence-electron chi connectivity index (χ0n) is 18.1. The summed E-state index contributed by atoms with van der Waals surface area (Å²) < 4.78 is 7.80. The molecule has 1 aliphatic heterocycles. The predicted octanol–water partition coefficient (Wildman–Crippen LogP) is 3.80. The van der Waals surface area contributed by atoms with Crippen molar-refractivity contribution in [3.8, 4) is 17.0 Å². The second kappa shape index (κ2) is 8.74. The molecular weight excluding hydrogens is 416 g/mol. The Labute approximate surface area is 191 Å². The van der Waals surface area contributed by atoms with E-state index in [9.17, 15) is 4.79 Å². The molecule has 1 aromatic carbocycles. The van der Waals surface area contributed by atoms with Gasteiger partial charge in [-0.1, -0.05) is 12.6 Å². The molecule has 4 aromatic rings. The van der Waals surface area contributed by atoms with Crippen LogP contribution in [0.15, 0.2) is 73.7 Å². The molecule has 2 N–H and O–H groups in total. The third-order valence-corrected chi connectivity index (χ3v) is 5.86. The van der Waals surface area contributed by atoms with E-state index in [0.717, 1.165) is 46.9 Å². The highest BCUT2D eigenvalue weighted by Crippen LogP contribution is 2.36. The SMILES string of the molecule is C=CC(=O)N1CCC[C@H]1c1nc(-c2ccc(OCc3ccccn3)cc2)c2c(N)nccn12. The zero-order valence-corrected chi connectivity index (χ0v) is 18.1. The first-order valence-electron chi connectivity index (χ1n) is 10.8. The summed E-state index contributed by atoms with van der Waals surface area (Å²) in [6, 6.07) is 13.3. The van der Waals surface area contributed by atoms with E-state index in [-0.39, 0.29) is 11.9 Å². The Morgan fingerprint density at radius 1 is 1.18 bits per heavy atom. The first-order valence-corrected chi connectivity index (χ1v) is 10.8. The maximum absolute atomic E-state index is 12.4. The van der Waals surface area contributed by atoms with Gasteiger partial charge in [-0.25, -0.2) is 9.97 Å². The fourth-order valence-electron chi connectivity index (χ4n) is 4.29. The fourth-order valence-corrected chi connectivity index (χ4v) is 4.29. The second-order valence-corrected chi connectivity index (χ2v) is 7.88. The molecule has 0 unspecified atom stereocenters. The molecule has 0 bridgehead atoms. The van der Waals surface area contributed by atoms with Gasteiger partial charge < -0.3 is 15.4 Å². The van der Waals surface area contributed by atoms with Gasteiger partial charge in [-0.2, -0.15) is 0 Å². The molecule has 166 valence electrons. The number of carbonyl (C=O) groups excluding carboxylic acids is 1. The summed E-state index contributed by atoms with van der Waals surface area (Å²) in [5.74, 6) is 1.81. The Kier molecular flexibility index (Phi) is 5.48. The monoisotopic (exact) mass is 440 g/mol. The summed E-state index contributed by atoms with van der Waals surface area (Å²) in [6.45, 7) is 4.72. The van der Waals surface area contributed by atoms with Crippen molar-refractivity contribution in [2.45, 2.75) is 25.5 Å². The Morgan fingerprint density at radius 2 is 2.03 bits per heavy atom. The molecular formula is C25H24N6O2. The molecule has 0 saturated carbocycles. The minimum absolute atomic E-state index is 0.0905. The lowest BCUT2D eigenvalue weighted by atomic mass is 10.1. The highest BCUT2D eigenvalue weighted by atomic mass is 16.5. The largest absolute Gasteiger partial charge is 0.487 e. The summed E-state index contributed by atoms with van der Waals surface area (Å²) >= 11 is 0. The van der Waals surface area contributed by atoms with Crippen molar-refractivity contribution in [1.29, 1.82) is 0 Å². The van der Waals surface area contributed by atoms with Crippen LogP contribution in [0.1, 0.15) is 30.4 Å². The number of pyridine rings is 1. The summed E-state index contributed by atoms with van der Waals surface area (Å²) in [7, 11) is 0. The van der Waals surface area contributed by atoms with Crippen LogP contribution in [0, 0.1) is 0 Å². The predicted molar refractivity (Wildman–Crippen MR) is 125 cm³/mol. The van der Waals surface area contributed by atoms with Crippen LogP contribution in [0.2, 0.25) is 0 Å². The lowest BCUT2D eigenvalue weighted by Gasteiger charge is -2.22. The van der Waals surface area contributed by atoms with Crippen LogP contribution in [-0.2, 0) is 11.4 Å². The van der Waals surface area contributed by atoms with E-state index in [1.54, 1.807) is 12.4 Å². The van der Waals surface area contributed by atoms with Crippen LogP contribution >= 0.6 is 0 Å². The van der Waals surface area contributed by atoms with Crippen molar-refractivity contribution in [2.24, 2.45) is 0 Å². The molecule has 0 spiro atoms. The number of benzene rings is 1. The molecule has 8 heteroatoms. The third-order valence-electron chi connectivity index (χ3n) is 5.86. The second-order valence-electron chi connectivity index (χ2n) is 7.88. The average molecular weight is 441 g/mol. The molecule has 1 saturated heterocycles. The number of aromatic nitrogens is 4. The normalized spacial score (nSPS) is 15.6. The molecule has 1 aliphatic rings. The minimum Gasteiger partial charge on any atom is -0.487 e. The van der Waals surface area contributed by atoms with Crippen LogP contribution in [0.25, 0.3) is 16.8 Å². The van der Waals surface area contributed by atoms with E-state index in [1.807, 2.05) is 58.0 Å². The van der Waals surface area contributed by atoms with E-state index in [4.69, 9.17) is 15.5 Å². The summed E-state index contributed by atoms with van der Waals surface area (Å²) in [4.78, 5) is 27.7. The van der Waals surface area contributed by atoms with Gasteiger partial charge in [0, 0.05) is 30.7 Å². The molecule has 0 aliphatic carbocycles. The van der Waals surface area contributed by atoms with Gasteiger partial charge in [-0.3, -0.25) is 14.2 Å². The maximum atomic E-state index is 12.4. The molecule has 1 fully saturated rings. The van der Waals surface area contributed by atoms with Crippen LogP contribution in [0.4, 0.5) is 5.82 Å². The topological polar surface area (TPSA) is 98.6 Å². The Bertz CT molecular complexity index is 1300. The van der Waals surface area contributed by atoms with Gasteiger partial charge >= 0.3 is 0 Å². The van der Waals surface area contributed by atoms with Gasteiger partial charge in [-0.05, 0) is 55.3 Å². The number of hydrogen-bond donors (Lipinski definition) is 1. The molecule has 0 radical (unpaired) electrons.